The Morgan fingerprint density at radius 1 is 0.971 bits per heavy atom. The smallest absolute Gasteiger partial charge is 0.228 e. The average molecular weight is 464 g/mol. The Kier molecular flexibility index (Phi) is 6.39. The quantitative estimate of drug-likeness (QED) is 0.643. The van der Waals surface area contributed by atoms with E-state index in [2.05, 4.69) is 49.0 Å². The molecular formula is C27H37N5O2. The minimum absolute atomic E-state index is 0.471. The van der Waals surface area contributed by atoms with Crippen molar-refractivity contribution in [2.24, 2.45) is 11.3 Å². The molecule has 1 saturated carbocycles. The highest BCUT2D eigenvalue weighted by molar-refractivity contribution is 5.37. The van der Waals surface area contributed by atoms with Crippen molar-refractivity contribution in [1.82, 2.24) is 19.9 Å². The Morgan fingerprint density at radius 2 is 1.74 bits per heavy atom. The predicted molar refractivity (Wildman–Crippen MR) is 131 cm³/mol. The minimum Gasteiger partial charge on any atom is -0.493 e. The van der Waals surface area contributed by atoms with Gasteiger partial charge < -0.3 is 19.3 Å². The van der Waals surface area contributed by atoms with Crippen molar-refractivity contribution in [2.45, 2.75) is 56.9 Å². The number of anilines is 1. The molecule has 1 aromatic heterocycles. The van der Waals surface area contributed by atoms with Crippen molar-refractivity contribution < 1.29 is 9.47 Å². The van der Waals surface area contributed by atoms with Crippen molar-refractivity contribution in [3.05, 3.63) is 42.5 Å². The lowest BCUT2D eigenvalue weighted by Crippen LogP contribution is -2.56. The van der Waals surface area contributed by atoms with E-state index in [1.54, 1.807) is 12.7 Å². The van der Waals surface area contributed by atoms with E-state index in [0.717, 1.165) is 63.5 Å². The van der Waals surface area contributed by atoms with Crippen LogP contribution in [0.25, 0.3) is 0 Å². The van der Waals surface area contributed by atoms with E-state index in [-0.39, 0.29) is 0 Å². The molecule has 0 amide bonds. The lowest BCUT2D eigenvalue weighted by molar-refractivity contribution is 0.0494. The second-order valence-electron chi connectivity index (χ2n) is 10.9. The monoisotopic (exact) mass is 463 g/mol. The van der Waals surface area contributed by atoms with E-state index < -0.39 is 0 Å². The van der Waals surface area contributed by atoms with E-state index in [1.165, 1.54) is 50.8 Å². The summed E-state index contributed by atoms with van der Waals surface area (Å²) in [5.41, 5.74) is 1.89. The van der Waals surface area contributed by atoms with Gasteiger partial charge in [0.1, 0.15) is 18.4 Å². The molecule has 182 valence electrons. The Bertz CT molecular complexity index is 937. The van der Waals surface area contributed by atoms with Crippen LogP contribution in [-0.4, -0.2) is 71.9 Å². The summed E-state index contributed by atoms with van der Waals surface area (Å²) in [6, 6.07) is 9.51. The maximum atomic E-state index is 6.36. The summed E-state index contributed by atoms with van der Waals surface area (Å²) in [6.07, 6.45) is 11.9. The van der Waals surface area contributed by atoms with Crippen LogP contribution in [0.3, 0.4) is 0 Å². The molecule has 0 unspecified atom stereocenters. The number of rotatable bonds is 6. The van der Waals surface area contributed by atoms with Crippen molar-refractivity contribution in [2.75, 3.05) is 50.9 Å². The van der Waals surface area contributed by atoms with Crippen molar-refractivity contribution in [3.63, 3.8) is 0 Å². The highest BCUT2D eigenvalue weighted by Gasteiger charge is 2.50. The van der Waals surface area contributed by atoms with E-state index in [1.807, 2.05) is 0 Å². The fourth-order valence-corrected chi connectivity index (χ4v) is 6.72. The molecule has 1 aromatic carbocycles. The van der Waals surface area contributed by atoms with E-state index >= 15 is 0 Å². The topological polar surface area (TPSA) is 63.6 Å². The summed E-state index contributed by atoms with van der Waals surface area (Å²) in [4.78, 5) is 17.7. The summed E-state index contributed by atoms with van der Waals surface area (Å²) in [5, 5.41) is 0. The first-order valence-corrected chi connectivity index (χ1v) is 13.2. The molecule has 1 atom stereocenters. The standard InChI is InChI=1S/C27H37N5O2/c1-2-4-25(34-16-21-8-13-33-14-9-21)24(3-1)22-6-11-31(12-7-22)23-5-10-27(15-23)17-32(18-27)26-29-19-28-20-30-26/h1-4,19-23H,5-18H2/t23-/m1/s1. The summed E-state index contributed by atoms with van der Waals surface area (Å²) in [6.45, 7) is 7.20. The lowest BCUT2D eigenvalue weighted by atomic mass is 9.78. The van der Waals surface area contributed by atoms with Gasteiger partial charge in [0.05, 0.1) is 6.61 Å². The highest BCUT2D eigenvalue weighted by atomic mass is 16.5. The van der Waals surface area contributed by atoms with Crippen LogP contribution >= 0.6 is 0 Å². The van der Waals surface area contributed by atoms with Gasteiger partial charge in [-0.15, -0.1) is 0 Å². The molecular weight excluding hydrogens is 426 g/mol. The van der Waals surface area contributed by atoms with Gasteiger partial charge in [0, 0.05) is 37.8 Å². The molecule has 2 aromatic rings. The van der Waals surface area contributed by atoms with Gasteiger partial charge in [-0.3, -0.25) is 0 Å². The number of aromatic nitrogens is 3. The minimum atomic E-state index is 0.471. The number of hydrogen-bond acceptors (Lipinski definition) is 7. The van der Waals surface area contributed by atoms with Crippen molar-refractivity contribution in [1.29, 1.82) is 0 Å². The van der Waals surface area contributed by atoms with Crippen LogP contribution in [0.4, 0.5) is 5.95 Å². The molecule has 7 nitrogen and oxygen atoms in total. The fourth-order valence-electron chi connectivity index (χ4n) is 6.72. The maximum Gasteiger partial charge on any atom is 0.228 e. The molecule has 4 aliphatic rings. The molecule has 0 radical (unpaired) electrons. The second-order valence-corrected chi connectivity index (χ2v) is 10.9. The van der Waals surface area contributed by atoms with Crippen LogP contribution < -0.4 is 9.64 Å². The Labute approximate surface area is 202 Å². The maximum absolute atomic E-state index is 6.36. The number of hydrogen-bond donors (Lipinski definition) is 0. The van der Waals surface area contributed by atoms with Crippen molar-refractivity contribution in [3.8, 4) is 5.75 Å². The molecule has 3 saturated heterocycles. The normalized spacial score (nSPS) is 26.0. The number of likely N-dealkylation sites (tertiary alicyclic amines) is 1. The van der Waals surface area contributed by atoms with Crippen LogP contribution in [0.15, 0.2) is 36.9 Å². The van der Waals surface area contributed by atoms with Crippen LogP contribution in [0, 0.1) is 11.3 Å². The van der Waals surface area contributed by atoms with Crippen molar-refractivity contribution >= 4 is 5.95 Å². The van der Waals surface area contributed by atoms with Crippen LogP contribution in [0.2, 0.25) is 0 Å². The van der Waals surface area contributed by atoms with Gasteiger partial charge in [-0.25, -0.2) is 15.0 Å². The van der Waals surface area contributed by atoms with Gasteiger partial charge in [-0.05, 0) is 81.5 Å². The molecule has 7 heteroatoms. The zero-order valence-corrected chi connectivity index (χ0v) is 20.1. The number of para-hydroxylation sites is 1. The fraction of sp³-hybridized carbons (Fsp3) is 0.667. The van der Waals surface area contributed by atoms with Gasteiger partial charge in [-0.2, -0.15) is 0 Å². The largest absolute Gasteiger partial charge is 0.493 e. The summed E-state index contributed by atoms with van der Waals surface area (Å²) < 4.78 is 11.9. The van der Waals surface area contributed by atoms with Crippen LogP contribution in [0.5, 0.6) is 5.75 Å². The first-order chi connectivity index (χ1) is 16.8. The Hall–Kier alpha value is -2.25. The predicted octanol–water partition coefficient (Wildman–Crippen LogP) is 3.92. The first-order valence-electron chi connectivity index (χ1n) is 13.2. The van der Waals surface area contributed by atoms with Gasteiger partial charge in [0.25, 0.3) is 0 Å². The molecule has 0 N–H and O–H groups in total. The zero-order valence-electron chi connectivity index (χ0n) is 20.1. The summed E-state index contributed by atoms with van der Waals surface area (Å²) >= 11 is 0. The highest BCUT2D eigenvalue weighted by Crippen LogP contribution is 2.48. The van der Waals surface area contributed by atoms with E-state index in [9.17, 15) is 0 Å². The third-order valence-electron chi connectivity index (χ3n) is 8.71. The summed E-state index contributed by atoms with van der Waals surface area (Å²) in [7, 11) is 0. The lowest BCUT2D eigenvalue weighted by Gasteiger charge is -2.49. The van der Waals surface area contributed by atoms with Gasteiger partial charge in [0.2, 0.25) is 5.95 Å². The zero-order chi connectivity index (χ0) is 22.8. The van der Waals surface area contributed by atoms with E-state index in [4.69, 9.17) is 9.47 Å². The number of benzene rings is 1. The molecule has 6 rings (SSSR count). The van der Waals surface area contributed by atoms with E-state index in [0.29, 0.717) is 17.3 Å². The molecule has 1 spiro atoms. The van der Waals surface area contributed by atoms with Gasteiger partial charge in [-0.1, -0.05) is 18.2 Å². The molecule has 34 heavy (non-hydrogen) atoms. The number of ether oxygens (including phenoxy) is 2. The van der Waals surface area contributed by atoms with Crippen LogP contribution in [-0.2, 0) is 4.74 Å². The molecule has 4 heterocycles. The summed E-state index contributed by atoms with van der Waals surface area (Å²) in [5.74, 6) is 3.19. The third kappa shape index (κ3) is 4.65. The number of piperidine rings is 1. The van der Waals surface area contributed by atoms with Gasteiger partial charge in [0.15, 0.2) is 0 Å². The third-order valence-corrected chi connectivity index (χ3v) is 8.71. The molecule has 1 aliphatic carbocycles. The Balaban J connectivity index is 1.00. The molecule has 0 bridgehead atoms. The first kappa shape index (κ1) is 22.2. The SMILES string of the molecule is c1ccc(C2CCN([C@@H]3CCC4(C3)CN(c3ncncn3)C4)CC2)c(OCC2CCOCC2)c1. The average Bonchev–Trinajstić information content (AvgIpc) is 3.34. The molecule has 4 fully saturated rings. The second kappa shape index (κ2) is 9.78. The van der Waals surface area contributed by atoms with Gasteiger partial charge >= 0.3 is 0 Å². The Morgan fingerprint density at radius 3 is 2.53 bits per heavy atom. The number of nitrogens with zero attached hydrogens (tertiary/aromatic N) is 5. The molecule has 3 aliphatic heterocycles. The van der Waals surface area contributed by atoms with Crippen LogP contribution in [0.1, 0.15) is 56.4 Å².